The van der Waals surface area contributed by atoms with Crippen LogP contribution in [0.5, 0.6) is 11.6 Å². The molecule has 10 heteroatoms. The number of anilines is 1. The van der Waals surface area contributed by atoms with Crippen LogP contribution in [0, 0.1) is 13.8 Å². The topological polar surface area (TPSA) is 107 Å². The number of likely N-dealkylation sites (tertiary alicyclic amines) is 1. The highest BCUT2D eigenvalue weighted by atomic mass is 16.6. The van der Waals surface area contributed by atoms with Crippen molar-refractivity contribution in [2.45, 2.75) is 59.1 Å². The number of hydrogen-bond acceptors (Lipinski definition) is 8. The average Bonchev–Trinajstić information content (AvgIpc) is 3.44. The van der Waals surface area contributed by atoms with Crippen LogP contribution >= 0.6 is 0 Å². The summed E-state index contributed by atoms with van der Waals surface area (Å²) in [6, 6.07) is 15.9. The van der Waals surface area contributed by atoms with Crippen molar-refractivity contribution < 1.29 is 14.3 Å². The minimum absolute atomic E-state index is 0.00207. The van der Waals surface area contributed by atoms with E-state index in [-0.39, 0.29) is 12.1 Å². The number of amides is 1. The van der Waals surface area contributed by atoms with E-state index < -0.39 is 5.60 Å². The van der Waals surface area contributed by atoms with Gasteiger partial charge in [0.15, 0.2) is 0 Å². The molecule has 0 spiro atoms. The molecule has 1 unspecified atom stereocenters. The molecule has 1 fully saturated rings. The van der Waals surface area contributed by atoms with Crippen molar-refractivity contribution in [3.8, 4) is 28.6 Å². The van der Waals surface area contributed by atoms with E-state index in [1.54, 1.807) is 17.3 Å². The van der Waals surface area contributed by atoms with E-state index in [4.69, 9.17) is 14.5 Å². The summed E-state index contributed by atoms with van der Waals surface area (Å²) in [6.45, 7) is 10.9. The van der Waals surface area contributed by atoms with E-state index in [0.717, 1.165) is 51.7 Å². The van der Waals surface area contributed by atoms with Gasteiger partial charge in [0, 0.05) is 48.5 Å². The molecule has 1 amide bonds. The van der Waals surface area contributed by atoms with Crippen molar-refractivity contribution in [2.24, 2.45) is 0 Å². The van der Waals surface area contributed by atoms with Crippen LogP contribution in [-0.4, -0.2) is 60.5 Å². The number of hydrogen-bond donors (Lipinski definition) is 1. The zero-order valence-corrected chi connectivity index (χ0v) is 25.7. The summed E-state index contributed by atoms with van der Waals surface area (Å²) in [5, 5.41) is 9.93. The van der Waals surface area contributed by atoms with Gasteiger partial charge in [-0.25, -0.2) is 24.4 Å². The first-order valence-electron chi connectivity index (χ1n) is 14.9. The highest BCUT2D eigenvalue weighted by molar-refractivity contribution is 5.95. The van der Waals surface area contributed by atoms with E-state index in [1.807, 2.05) is 76.0 Å². The number of piperidine rings is 1. The van der Waals surface area contributed by atoms with Gasteiger partial charge in [0.05, 0.1) is 23.1 Å². The lowest BCUT2D eigenvalue weighted by Gasteiger charge is -2.34. The lowest BCUT2D eigenvalue weighted by Crippen LogP contribution is -2.47. The minimum Gasteiger partial charge on any atom is -0.444 e. The van der Waals surface area contributed by atoms with Crippen molar-refractivity contribution in [3.63, 3.8) is 0 Å². The lowest BCUT2D eigenvalue weighted by atomic mass is 10.0. The number of benzene rings is 2. The highest BCUT2D eigenvalue weighted by Gasteiger charge is 2.28. The summed E-state index contributed by atoms with van der Waals surface area (Å²) in [7, 11) is 0. The Bertz CT molecular complexity index is 1810. The van der Waals surface area contributed by atoms with Gasteiger partial charge in [0.25, 0.3) is 0 Å². The van der Waals surface area contributed by atoms with Crippen LogP contribution in [0.1, 0.15) is 44.7 Å². The van der Waals surface area contributed by atoms with Gasteiger partial charge < -0.3 is 19.7 Å². The maximum absolute atomic E-state index is 12.7. The van der Waals surface area contributed by atoms with Crippen molar-refractivity contribution in [1.29, 1.82) is 0 Å². The molecule has 226 valence electrons. The van der Waals surface area contributed by atoms with Gasteiger partial charge in [0.1, 0.15) is 11.4 Å². The second-order valence-corrected chi connectivity index (χ2v) is 12.2. The van der Waals surface area contributed by atoms with Gasteiger partial charge in [-0.3, -0.25) is 0 Å². The zero-order chi connectivity index (χ0) is 30.8. The monoisotopic (exact) mass is 591 g/mol. The third-order valence-electron chi connectivity index (χ3n) is 7.45. The number of fused-ring (bicyclic) bond motifs is 1. The first-order chi connectivity index (χ1) is 21.1. The van der Waals surface area contributed by atoms with Crippen LogP contribution < -0.4 is 10.1 Å². The number of ether oxygens (including phenoxy) is 2. The maximum atomic E-state index is 12.7. The molecular weight excluding hydrogens is 554 g/mol. The number of nitrogens with one attached hydrogen (secondary N) is 1. The van der Waals surface area contributed by atoms with Crippen molar-refractivity contribution in [2.75, 3.05) is 18.4 Å². The number of pyridine rings is 1. The number of rotatable bonds is 6. The second kappa shape index (κ2) is 11.9. The Morgan fingerprint density at radius 1 is 1.00 bits per heavy atom. The Balaban J connectivity index is 1.26. The minimum atomic E-state index is -0.538. The highest BCUT2D eigenvalue weighted by Crippen LogP contribution is 2.38. The smallest absolute Gasteiger partial charge is 0.410 e. The Kier molecular flexibility index (Phi) is 7.90. The molecule has 4 heterocycles. The molecular formula is C34H37N7O3. The second-order valence-electron chi connectivity index (χ2n) is 12.2. The van der Waals surface area contributed by atoms with Crippen molar-refractivity contribution in [3.05, 3.63) is 84.4 Å². The fraction of sp³-hybridized carbons (Fsp3) is 0.324. The standard InChI is InChI=1S/C34H37N7O3/c1-22-19-37-41(20-22)29-12-6-10-26-25(29)14-13-23(2)30(26)43-31-27(11-7-16-35-31)28-15-17-36-32(39-28)38-24-9-8-18-40(21-24)33(42)44-34(3,4)5/h6-7,10-17,19-20,24H,8-9,18,21H2,1-5H3,(H,36,38,39). The third kappa shape index (κ3) is 6.34. The Morgan fingerprint density at radius 2 is 1.86 bits per heavy atom. The molecule has 0 radical (unpaired) electrons. The Labute approximate surface area is 257 Å². The maximum Gasteiger partial charge on any atom is 0.410 e. The van der Waals surface area contributed by atoms with Crippen molar-refractivity contribution in [1.82, 2.24) is 29.6 Å². The fourth-order valence-electron chi connectivity index (χ4n) is 5.41. The summed E-state index contributed by atoms with van der Waals surface area (Å²) in [6.07, 6.45) is 8.75. The summed E-state index contributed by atoms with van der Waals surface area (Å²) < 4.78 is 14.1. The molecule has 1 saturated heterocycles. The van der Waals surface area contributed by atoms with E-state index in [2.05, 4.69) is 44.6 Å². The molecule has 2 aromatic carbocycles. The zero-order valence-electron chi connectivity index (χ0n) is 25.7. The van der Waals surface area contributed by atoms with Crippen LogP contribution in [0.4, 0.5) is 10.7 Å². The van der Waals surface area contributed by atoms with E-state index >= 15 is 0 Å². The number of carbonyl (C=O) groups excluding carboxylic acids is 1. The first-order valence-corrected chi connectivity index (χ1v) is 14.9. The molecule has 0 aliphatic carbocycles. The molecule has 1 atom stereocenters. The number of carbonyl (C=O) groups is 1. The van der Waals surface area contributed by atoms with Gasteiger partial charge in [0.2, 0.25) is 11.8 Å². The van der Waals surface area contributed by atoms with E-state index in [1.165, 1.54) is 0 Å². The Hall–Kier alpha value is -4.99. The molecule has 1 aliphatic rings. The lowest BCUT2D eigenvalue weighted by molar-refractivity contribution is 0.0206. The van der Waals surface area contributed by atoms with Crippen LogP contribution in [0.25, 0.3) is 27.7 Å². The van der Waals surface area contributed by atoms with Crippen LogP contribution in [-0.2, 0) is 4.74 Å². The van der Waals surface area contributed by atoms with Crippen molar-refractivity contribution >= 4 is 22.8 Å². The van der Waals surface area contributed by atoms with Gasteiger partial charge in [-0.05, 0) is 82.9 Å². The molecule has 5 aromatic rings. The molecule has 10 nitrogen and oxygen atoms in total. The predicted molar refractivity (Wildman–Crippen MR) is 170 cm³/mol. The molecule has 6 rings (SSSR count). The normalized spacial score (nSPS) is 15.3. The molecule has 1 aliphatic heterocycles. The summed E-state index contributed by atoms with van der Waals surface area (Å²) in [5.74, 6) is 1.65. The van der Waals surface area contributed by atoms with Gasteiger partial charge in [-0.1, -0.05) is 24.3 Å². The molecule has 0 bridgehead atoms. The van der Waals surface area contributed by atoms with Gasteiger partial charge >= 0.3 is 6.09 Å². The van der Waals surface area contributed by atoms with Crippen LogP contribution in [0.2, 0.25) is 0 Å². The summed E-state index contributed by atoms with van der Waals surface area (Å²) in [5.41, 5.74) is 3.93. The largest absolute Gasteiger partial charge is 0.444 e. The number of aromatic nitrogens is 5. The van der Waals surface area contributed by atoms with E-state index in [0.29, 0.717) is 30.6 Å². The fourth-order valence-corrected chi connectivity index (χ4v) is 5.41. The SMILES string of the molecule is Cc1cnn(-c2cccc3c(Oc4ncccc4-c4ccnc(NC5CCCN(C(=O)OC(C)(C)C)C5)n4)c(C)ccc23)c1. The first kappa shape index (κ1) is 29.1. The molecule has 0 saturated carbocycles. The van der Waals surface area contributed by atoms with Gasteiger partial charge in [-0.15, -0.1) is 0 Å². The molecule has 1 N–H and O–H groups in total. The Morgan fingerprint density at radius 3 is 2.66 bits per heavy atom. The molecule has 3 aromatic heterocycles. The third-order valence-corrected chi connectivity index (χ3v) is 7.45. The average molecular weight is 592 g/mol. The summed E-state index contributed by atoms with van der Waals surface area (Å²) in [4.78, 5) is 28.3. The predicted octanol–water partition coefficient (Wildman–Crippen LogP) is 7.10. The van der Waals surface area contributed by atoms with Crippen LogP contribution in [0.3, 0.4) is 0 Å². The van der Waals surface area contributed by atoms with Gasteiger partial charge in [-0.2, -0.15) is 5.10 Å². The quantitative estimate of drug-likeness (QED) is 0.223. The molecule has 44 heavy (non-hydrogen) atoms. The van der Waals surface area contributed by atoms with Crippen LogP contribution in [0.15, 0.2) is 73.3 Å². The summed E-state index contributed by atoms with van der Waals surface area (Å²) >= 11 is 0. The van der Waals surface area contributed by atoms with E-state index in [9.17, 15) is 4.79 Å². The number of nitrogens with zero attached hydrogens (tertiary/aromatic N) is 6. The number of aryl methyl sites for hydroxylation is 2.